The Morgan fingerprint density at radius 1 is 1.28 bits per heavy atom. The molecular formula is C22H26F3N3O4. The summed E-state index contributed by atoms with van der Waals surface area (Å²) in [6.07, 6.45) is 0.144. The molecule has 2 N–H and O–H groups in total. The van der Waals surface area contributed by atoms with Crippen LogP contribution in [0.4, 0.5) is 23.7 Å². The number of carbonyl (C=O) groups is 3. The van der Waals surface area contributed by atoms with Gasteiger partial charge in [0.05, 0.1) is 0 Å². The first-order valence-electron chi connectivity index (χ1n) is 10.0. The minimum atomic E-state index is -4.60. The zero-order valence-corrected chi connectivity index (χ0v) is 18.3. The van der Waals surface area contributed by atoms with E-state index in [4.69, 9.17) is 11.2 Å². The maximum absolute atomic E-state index is 13.3. The lowest BCUT2D eigenvalue weighted by Gasteiger charge is -2.29. The first kappa shape index (κ1) is 25.0. The standard InChI is InChI=1S/C22H26F3N3O4/c1-6-13-8-9-16-14(10-13)11-17(18(29)26-12-22(23,24)25)28(16)19(30)15(7-2)27-20(31)32-21(3,4)5/h1,8-10,15,17H,7,11-12H2,2-5H3,(H,26,29)(H,27,31)/t15-,17?/m0/s1. The number of nitrogens with one attached hydrogen (secondary N) is 2. The van der Waals surface area contributed by atoms with Crippen molar-refractivity contribution >= 4 is 23.6 Å². The van der Waals surface area contributed by atoms with Crippen LogP contribution in [-0.2, 0) is 20.7 Å². The van der Waals surface area contributed by atoms with E-state index in [2.05, 4.69) is 11.2 Å². The summed E-state index contributed by atoms with van der Waals surface area (Å²) in [5.74, 6) is 0.847. The number of alkyl halides is 3. The predicted molar refractivity (Wildman–Crippen MR) is 112 cm³/mol. The number of ether oxygens (including phenoxy) is 1. The molecule has 7 nitrogen and oxygen atoms in total. The number of fused-ring (bicyclic) bond motifs is 1. The van der Waals surface area contributed by atoms with Crippen LogP contribution in [0.25, 0.3) is 0 Å². The fourth-order valence-electron chi connectivity index (χ4n) is 3.28. The average Bonchev–Trinajstić information content (AvgIpc) is 3.06. The van der Waals surface area contributed by atoms with E-state index >= 15 is 0 Å². The second kappa shape index (κ2) is 9.51. The van der Waals surface area contributed by atoms with Crippen LogP contribution in [0.2, 0.25) is 0 Å². The van der Waals surface area contributed by atoms with Crippen molar-refractivity contribution in [2.75, 3.05) is 11.4 Å². The number of anilines is 1. The van der Waals surface area contributed by atoms with E-state index in [9.17, 15) is 27.6 Å². The Morgan fingerprint density at radius 3 is 2.47 bits per heavy atom. The Hall–Kier alpha value is -3.22. The summed E-state index contributed by atoms with van der Waals surface area (Å²) in [6, 6.07) is 2.44. The smallest absolute Gasteiger partial charge is 0.408 e. The molecule has 1 aliphatic rings. The second-order valence-corrected chi connectivity index (χ2v) is 8.36. The molecule has 1 heterocycles. The van der Waals surface area contributed by atoms with Gasteiger partial charge >= 0.3 is 12.3 Å². The molecule has 0 saturated heterocycles. The fraction of sp³-hybridized carbons (Fsp3) is 0.500. The highest BCUT2D eigenvalue weighted by Crippen LogP contribution is 2.34. The van der Waals surface area contributed by atoms with Crippen LogP contribution in [0.15, 0.2) is 18.2 Å². The third kappa shape index (κ3) is 6.39. The predicted octanol–water partition coefficient (Wildman–Crippen LogP) is 2.91. The lowest BCUT2D eigenvalue weighted by atomic mass is 10.1. The first-order valence-corrected chi connectivity index (χ1v) is 10.0. The lowest BCUT2D eigenvalue weighted by molar-refractivity contribution is -0.139. The SMILES string of the molecule is C#Cc1ccc2c(c1)CC(C(=O)NCC(F)(F)F)N2C(=O)[C@H](CC)NC(=O)OC(C)(C)C. The molecule has 1 aromatic rings. The van der Waals surface area contributed by atoms with Gasteiger partial charge in [0.2, 0.25) is 11.8 Å². The van der Waals surface area contributed by atoms with Gasteiger partial charge in [0, 0.05) is 17.7 Å². The number of hydrogen-bond donors (Lipinski definition) is 2. The number of amides is 3. The summed E-state index contributed by atoms with van der Waals surface area (Å²) in [7, 11) is 0. The number of benzene rings is 1. The van der Waals surface area contributed by atoms with Crippen LogP contribution < -0.4 is 15.5 Å². The lowest BCUT2D eigenvalue weighted by Crippen LogP contribution is -2.55. The quantitative estimate of drug-likeness (QED) is 0.672. The Labute approximate surface area is 184 Å². The minimum absolute atomic E-state index is 0.0108. The molecule has 2 rings (SSSR count). The summed E-state index contributed by atoms with van der Waals surface area (Å²) in [6.45, 7) is 5.11. The van der Waals surface area contributed by atoms with Crippen molar-refractivity contribution in [2.24, 2.45) is 0 Å². The molecule has 32 heavy (non-hydrogen) atoms. The van der Waals surface area contributed by atoms with Gasteiger partial charge in [0.25, 0.3) is 0 Å². The van der Waals surface area contributed by atoms with E-state index in [1.165, 1.54) is 0 Å². The van der Waals surface area contributed by atoms with Gasteiger partial charge in [-0.2, -0.15) is 13.2 Å². The van der Waals surface area contributed by atoms with Crippen molar-refractivity contribution in [3.05, 3.63) is 29.3 Å². The van der Waals surface area contributed by atoms with Crippen LogP contribution in [0.1, 0.15) is 45.2 Å². The van der Waals surface area contributed by atoms with Crippen LogP contribution in [0, 0.1) is 12.3 Å². The van der Waals surface area contributed by atoms with Crippen molar-refractivity contribution in [3.63, 3.8) is 0 Å². The summed E-state index contributed by atoms with van der Waals surface area (Å²) in [5.41, 5.74) is 0.613. The molecule has 0 saturated carbocycles. The fourth-order valence-corrected chi connectivity index (χ4v) is 3.28. The van der Waals surface area contributed by atoms with E-state index in [1.807, 2.05) is 5.32 Å². The third-order valence-corrected chi connectivity index (χ3v) is 4.63. The molecule has 3 amide bonds. The molecule has 0 aliphatic carbocycles. The largest absolute Gasteiger partial charge is 0.444 e. The molecular weight excluding hydrogens is 427 g/mol. The maximum atomic E-state index is 13.3. The number of nitrogens with zero attached hydrogens (tertiary/aromatic N) is 1. The summed E-state index contributed by atoms with van der Waals surface area (Å²) >= 11 is 0. The third-order valence-electron chi connectivity index (χ3n) is 4.63. The van der Waals surface area contributed by atoms with E-state index in [0.717, 1.165) is 4.90 Å². The van der Waals surface area contributed by atoms with Crippen molar-refractivity contribution < 1.29 is 32.3 Å². The molecule has 10 heteroatoms. The van der Waals surface area contributed by atoms with Gasteiger partial charge in [-0.1, -0.05) is 12.8 Å². The maximum Gasteiger partial charge on any atom is 0.408 e. The summed E-state index contributed by atoms with van der Waals surface area (Å²) < 4.78 is 43.0. The van der Waals surface area contributed by atoms with E-state index < -0.39 is 48.3 Å². The van der Waals surface area contributed by atoms with E-state index in [0.29, 0.717) is 16.8 Å². The van der Waals surface area contributed by atoms with Crippen molar-refractivity contribution in [2.45, 2.75) is 64.4 Å². The average molecular weight is 453 g/mol. The topological polar surface area (TPSA) is 87.7 Å². The zero-order valence-electron chi connectivity index (χ0n) is 18.3. The zero-order chi connectivity index (χ0) is 24.3. The van der Waals surface area contributed by atoms with Crippen LogP contribution in [-0.4, -0.2) is 48.3 Å². The number of rotatable bonds is 5. The molecule has 2 atom stereocenters. The highest BCUT2D eigenvalue weighted by molar-refractivity contribution is 6.06. The van der Waals surface area contributed by atoms with E-state index in [-0.39, 0.29) is 12.8 Å². The van der Waals surface area contributed by atoms with Gasteiger partial charge in [0.1, 0.15) is 24.2 Å². The molecule has 0 radical (unpaired) electrons. The Kier molecular flexibility index (Phi) is 7.44. The Morgan fingerprint density at radius 2 is 1.94 bits per heavy atom. The van der Waals surface area contributed by atoms with Crippen LogP contribution >= 0.6 is 0 Å². The number of halogens is 3. The van der Waals surface area contributed by atoms with Gasteiger partial charge in [0.15, 0.2) is 0 Å². The highest BCUT2D eigenvalue weighted by atomic mass is 19.4. The molecule has 0 spiro atoms. The molecule has 1 aromatic carbocycles. The summed E-state index contributed by atoms with van der Waals surface area (Å²) in [5, 5.41) is 4.30. The number of hydrogen-bond acceptors (Lipinski definition) is 4. The first-order chi connectivity index (χ1) is 14.8. The second-order valence-electron chi connectivity index (χ2n) is 8.36. The van der Waals surface area contributed by atoms with Crippen molar-refractivity contribution in [1.29, 1.82) is 0 Å². The van der Waals surface area contributed by atoms with Gasteiger partial charge in [-0.15, -0.1) is 6.42 Å². The molecule has 1 unspecified atom stereocenters. The number of carbonyl (C=O) groups excluding carboxylic acids is 3. The van der Waals surface area contributed by atoms with Gasteiger partial charge in [-0.05, 0) is 51.0 Å². The van der Waals surface area contributed by atoms with E-state index in [1.54, 1.807) is 45.9 Å². The Balaban J connectivity index is 2.33. The molecule has 0 fully saturated rings. The van der Waals surface area contributed by atoms with Gasteiger partial charge in [-0.3, -0.25) is 14.5 Å². The normalized spacial score (nSPS) is 16.6. The van der Waals surface area contributed by atoms with Gasteiger partial charge < -0.3 is 15.4 Å². The van der Waals surface area contributed by atoms with Crippen molar-refractivity contribution in [3.8, 4) is 12.3 Å². The van der Waals surface area contributed by atoms with Crippen LogP contribution in [0.5, 0.6) is 0 Å². The van der Waals surface area contributed by atoms with Gasteiger partial charge in [-0.25, -0.2) is 4.79 Å². The monoisotopic (exact) mass is 453 g/mol. The van der Waals surface area contributed by atoms with Crippen molar-refractivity contribution in [1.82, 2.24) is 10.6 Å². The summed E-state index contributed by atoms with van der Waals surface area (Å²) in [4.78, 5) is 39.2. The number of alkyl carbamates (subject to hydrolysis) is 1. The molecule has 174 valence electrons. The number of terminal acetylenes is 1. The Bertz CT molecular complexity index is 932. The molecule has 0 bridgehead atoms. The molecule has 1 aliphatic heterocycles. The van der Waals surface area contributed by atoms with Crippen LogP contribution in [0.3, 0.4) is 0 Å². The minimum Gasteiger partial charge on any atom is -0.444 e. The highest BCUT2D eigenvalue weighted by Gasteiger charge is 2.42. The molecule has 0 aromatic heterocycles.